The number of nitrogens with zero attached hydrogens (tertiary/aromatic N) is 5. The number of aryl methyl sites for hydroxylation is 2. The highest BCUT2D eigenvalue weighted by molar-refractivity contribution is 5.53. The van der Waals surface area contributed by atoms with Gasteiger partial charge in [-0.1, -0.05) is 0 Å². The van der Waals surface area contributed by atoms with Crippen molar-refractivity contribution in [2.45, 2.75) is 6.92 Å². The number of rotatable bonds is 1. The van der Waals surface area contributed by atoms with Gasteiger partial charge in [-0.25, -0.2) is 9.97 Å². The average molecular weight is 199 g/mol. The van der Waals surface area contributed by atoms with Gasteiger partial charge in [-0.05, 0) is 6.92 Å². The molecule has 0 radical (unpaired) electrons. The fourth-order valence-electron chi connectivity index (χ4n) is 1.25. The molecule has 15 heavy (non-hydrogen) atoms. The summed E-state index contributed by atoms with van der Waals surface area (Å²) in [6.45, 7) is 1.79. The largest absolute Gasteiger partial charge is 0.275 e. The molecule has 0 saturated carbocycles. The Bertz CT molecular complexity index is 535. The lowest BCUT2D eigenvalue weighted by atomic mass is 10.2. The van der Waals surface area contributed by atoms with Crippen molar-refractivity contribution in [2.75, 3.05) is 0 Å². The van der Waals surface area contributed by atoms with Crippen LogP contribution in [0.3, 0.4) is 0 Å². The first kappa shape index (κ1) is 9.34. The van der Waals surface area contributed by atoms with Crippen LogP contribution in [0, 0.1) is 18.3 Å². The Kier molecular flexibility index (Phi) is 2.18. The summed E-state index contributed by atoms with van der Waals surface area (Å²) in [4.78, 5) is 8.35. The smallest absolute Gasteiger partial charge is 0.162 e. The molecule has 0 aliphatic rings. The van der Waals surface area contributed by atoms with Gasteiger partial charge in [0.1, 0.15) is 6.07 Å². The molecular weight excluding hydrogens is 190 g/mol. The Hall–Kier alpha value is -2.22. The van der Waals surface area contributed by atoms with Crippen molar-refractivity contribution >= 4 is 0 Å². The second-order valence-electron chi connectivity index (χ2n) is 3.21. The van der Waals surface area contributed by atoms with Crippen LogP contribution in [-0.4, -0.2) is 19.7 Å². The summed E-state index contributed by atoms with van der Waals surface area (Å²) in [5.41, 5.74) is 2.04. The van der Waals surface area contributed by atoms with Gasteiger partial charge >= 0.3 is 0 Å². The van der Waals surface area contributed by atoms with Crippen LogP contribution < -0.4 is 0 Å². The van der Waals surface area contributed by atoms with Gasteiger partial charge < -0.3 is 0 Å². The van der Waals surface area contributed by atoms with E-state index in [0.29, 0.717) is 17.1 Å². The molecule has 0 atom stereocenters. The molecule has 0 unspecified atom stereocenters. The third kappa shape index (κ3) is 1.70. The molecule has 2 heterocycles. The summed E-state index contributed by atoms with van der Waals surface area (Å²) >= 11 is 0. The number of nitriles is 1. The monoisotopic (exact) mass is 199 g/mol. The first-order valence-corrected chi connectivity index (χ1v) is 4.43. The summed E-state index contributed by atoms with van der Waals surface area (Å²) in [6, 6.07) is 2.03. The van der Waals surface area contributed by atoms with Gasteiger partial charge in [-0.15, -0.1) is 0 Å². The van der Waals surface area contributed by atoms with Crippen LogP contribution in [-0.2, 0) is 7.05 Å². The van der Waals surface area contributed by atoms with Crippen molar-refractivity contribution < 1.29 is 0 Å². The van der Waals surface area contributed by atoms with Crippen molar-refractivity contribution in [1.29, 1.82) is 5.26 Å². The van der Waals surface area contributed by atoms with Gasteiger partial charge in [0, 0.05) is 19.4 Å². The van der Waals surface area contributed by atoms with E-state index >= 15 is 0 Å². The second kappa shape index (κ2) is 3.50. The molecule has 0 saturated heterocycles. The van der Waals surface area contributed by atoms with Crippen LogP contribution in [0.5, 0.6) is 0 Å². The van der Waals surface area contributed by atoms with Gasteiger partial charge in [0.2, 0.25) is 0 Å². The quantitative estimate of drug-likeness (QED) is 0.688. The molecule has 0 fully saturated rings. The lowest BCUT2D eigenvalue weighted by Gasteiger charge is -1.98. The van der Waals surface area contributed by atoms with E-state index in [1.807, 2.05) is 19.3 Å². The molecular formula is C10H9N5. The third-order valence-electron chi connectivity index (χ3n) is 2.06. The molecule has 0 bridgehead atoms. The Morgan fingerprint density at radius 1 is 1.40 bits per heavy atom. The van der Waals surface area contributed by atoms with Gasteiger partial charge in [0.05, 0.1) is 23.0 Å². The second-order valence-corrected chi connectivity index (χ2v) is 3.21. The highest BCUT2D eigenvalue weighted by Gasteiger charge is 2.06. The molecule has 0 aromatic carbocycles. The summed E-state index contributed by atoms with van der Waals surface area (Å²) < 4.78 is 1.69. The van der Waals surface area contributed by atoms with E-state index in [4.69, 9.17) is 5.26 Å². The number of hydrogen-bond donors (Lipinski definition) is 0. The third-order valence-corrected chi connectivity index (χ3v) is 2.06. The van der Waals surface area contributed by atoms with Crippen LogP contribution >= 0.6 is 0 Å². The fourth-order valence-corrected chi connectivity index (χ4v) is 1.25. The molecule has 74 valence electrons. The van der Waals surface area contributed by atoms with Gasteiger partial charge in [0.25, 0.3) is 0 Å². The number of aromatic nitrogens is 4. The minimum atomic E-state index is 0.502. The van der Waals surface area contributed by atoms with Gasteiger partial charge in [0.15, 0.2) is 5.82 Å². The normalized spacial score (nSPS) is 9.93. The zero-order valence-corrected chi connectivity index (χ0v) is 8.47. The molecule has 2 rings (SSSR count). The minimum Gasteiger partial charge on any atom is -0.275 e. The van der Waals surface area contributed by atoms with Crippen LogP contribution in [0.2, 0.25) is 0 Å². The van der Waals surface area contributed by atoms with Crippen molar-refractivity contribution in [3.05, 3.63) is 29.8 Å². The topological polar surface area (TPSA) is 67.4 Å². The maximum atomic E-state index is 8.74. The molecule has 5 nitrogen and oxygen atoms in total. The lowest BCUT2D eigenvalue weighted by Crippen LogP contribution is -1.94. The van der Waals surface area contributed by atoms with Crippen molar-refractivity contribution in [3.63, 3.8) is 0 Å². The van der Waals surface area contributed by atoms with Gasteiger partial charge in [-0.2, -0.15) is 10.4 Å². The van der Waals surface area contributed by atoms with E-state index < -0.39 is 0 Å². The van der Waals surface area contributed by atoms with E-state index in [1.165, 1.54) is 6.20 Å². The molecule has 0 amide bonds. The van der Waals surface area contributed by atoms with E-state index in [2.05, 4.69) is 15.1 Å². The minimum absolute atomic E-state index is 0.502. The summed E-state index contributed by atoms with van der Waals surface area (Å²) in [5, 5.41) is 12.8. The van der Waals surface area contributed by atoms with Gasteiger partial charge in [-0.3, -0.25) is 4.68 Å². The zero-order chi connectivity index (χ0) is 10.8. The average Bonchev–Trinajstić information content (AvgIpc) is 2.65. The molecule has 5 heteroatoms. The summed E-state index contributed by atoms with van der Waals surface area (Å²) in [6.07, 6.45) is 5.06. The molecule has 0 aliphatic carbocycles. The first-order valence-electron chi connectivity index (χ1n) is 4.43. The first-order chi connectivity index (χ1) is 7.20. The Morgan fingerprint density at radius 3 is 2.73 bits per heavy atom. The lowest BCUT2D eigenvalue weighted by molar-refractivity contribution is 0.768. The summed E-state index contributed by atoms with van der Waals surface area (Å²) in [5.74, 6) is 0.597. The predicted octanol–water partition coefficient (Wildman–Crippen LogP) is 1.06. The van der Waals surface area contributed by atoms with Crippen molar-refractivity contribution in [3.8, 4) is 17.5 Å². The highest BCUT2D eigenvalue weighted by atomic mass is 15.2. The van der Waals surface area contributed by atoms with E-state index in [0.717, 1.165) is 5.56 Å². The molecule has 2 aromatic rings. The zero-order valence-electron chi connectivity index (χ0n) is 8.47. The predicted molar refractivity (Wildman–Crippen MR) is 53.7 cm³/mol. The maximum Gasteiger partial charge on any atom is 0.162 e. The van der Waals surface area contributed by atoms with E-state index in [1.54, 1.807) is 17.8 Å². The standard InChI is InChI=1S/C10H9N5/c1-7-8(3-11)4-12-10(14-7)9-5-13-15(2)6-9/h4-6H,1-2H3. The fraction of sp³-hybridized carbons (Fsp3) is 0.200. The molecule has 0 aliphatic heterocycles. The Labute approximate surface area is 87.0 Å². The Balaban J connectivity index is 2.48. The van der Waals surface area contributed by atoms with Crippen molar-refractivity contribution in [2.24, 2.45) is 7.05 Å². The summed E-state index contributed by atoms with van der Waals surface area (Å²) in [7, 11) is 1.83. The van der Waals surface area contributed by atoms with Crippen LogP contribution in [0.15, 0.2) is 18.6 Å². The van der Waals surface area contributed by atoms with Crippen molar-refractivity contribution in [1.82, 2.24) is 19.7 Å². The van der Waals surface area contributed by atoms with Crippen LogP contribution in [0.25, 0.3) is 11.4 Å². The SMILES string of the molecule is Cc1nc(-c2cnn(C)c2)ncc1C#N. The highest BCUT2D eigenvalue weighted by Crippen LogP contribution is 2.14. The molecule has 2 aromatic heterocycles. The molecule has 0 spiro atoms. The maximum absolute atomic E-state index is 8.74. The van der Waals surface area contributed by atoms with Crippen LogP contribution in [0.1, 0.15) is 11.3 Å². The van der Waals surface area contributed by atoms with Crippen LogP contribution in [0.4, 0.5) is 0 Å². The molecule has 0 N–H and O–H groups in total. The van der Waals surface area contributed by atoms with E-state index in [-0.39, 0.29) is 0 Å². The Morgan fingerprint density at radius 2 is 2.20 bits per heavy atom. The number of hydrogen-bond acceptors (Lipinski definition) is 4. The van der Waals surface area contributed by atoms with E-state index in [9.17, 15) is 0 Å².